The number of halogens is 2. The van der Waals surface area contributed by atoms with Crippen molar-refractivity contribution in [1.82, 2.24) is 0 Å². The number of carboxylic acid groups (broad SMARTS) is 1. The SMILES string of the molecule is CC(N)CC(=O)Nc1c(Br)cc(Br)cc1C(=O)O. The van der Waals surface area contributed by atoms with Crippen LogP contribution >= 0.6 is 31.9 Å². The van der Waals surface area contributed by atoms with Crippen molar-refractivity contribution in [2.24, 2.45) is 5.73 Å². The molecule has 0 aliphatic rings. The smallest absolute Gasteiger partial charge is 0.337 e. The average Bonchev–Trinajstić information content (AvgIpc) is 2.20. The normalized spacial score (nSPS) is 12.0. The Hall–Kier alpha value is -0.920. The molecule has 5 nitrogen and oxygen atoms in total. The van der Waals surface area contributed by atoms with Crippen LogP contribution in [0.15, 0.2) is 21.1 Å². The molecule has 98 valence electrons. The van der Waals surface area contributed by atoms with Gasteiger partial charge in [0.1, 0.15) is 0 Å². The van der Waals surface area contributed by atoms with E-state index in [1.54, 1.807) is 13.0 Å². The fourth-order valence-corrected chi connectivity index (χ4v) is 2.68. The van der Waals surface area contributed by atoms with Gasteiger partial charge in [-0.1, -0.05) is 15.9 Å². The zero-order valence-electron chi connectivity index (χ0n) is 9.54. The van der Waals surface area contributed by atoms with E-state index in [0.717, 1.165) is 0 Å². The molecule has 0 aromatic heterocycles. The Kier molecular flexibility index (Phi) is 5.30. The minimum absolute atomic E-state index is 0.00859. The molecule has 18 heavy (non-hydrogen) atoms. The molecule has 0 fully saturated rings. The lowest BCUT2D eigenvalue weighted by atomic mass is 10.1. The summed E-state index contributed by atoms with van der Waals surface area (Å²) in [5, 5.41) is 11.6. The van der Waals surface area contributed by atoms with Gasteiger partial charge in [-0.05, 0) is 35.0 Å². The molecule has 4 N–H and O–H groups in total. The molecule has 1 atom stereocenters. The Morgan fingerprint density at radius 3 is 2.56 bits per heavy atom. The van der Waals surface area contributed by atoms with E-state index in [1.807, 2.05) is 0 Å². The third-order valence-corrected chi connectivity index (χ3v) is 3.14. The first-order valence-electron chi connectivity index (χ1n) is 5.09. The van der Waals surface area contributed by atoms with Crippen LogP contribution in [-0.4, -0.2) is 23.0 Å². The number of aromatic carboxylic acids is 1. The molecule has 7 heteroatoms. The highest BCUT2D eigenvalue weighted by Crippen LogP contribution is 2.31. The largest absolute Gasteiger partial charge is 0.478 e. The second-order valence-corrected chi connectivity index (χ2v) is 5.61. The van der Waals surface area contributed by atoms with Crippen LogP contribution in [-0.2, 0) is 4.79 Å². The van der Waals surface area contributed by atoms with Gasteiger partial charge in [-0.25, -0.2) is 4.79 Å². The van der Waals surface area contributed by atoms with Crippen LogP contribution < -0.4 is 11.1 Å². The molecule has 1 amide bonds. The fraction of sp³-hybridized carbons (Fsp3) is 0.273. The Bertz CT molecular complexity index is 489. The number of anilines is 1. The number of hydrogen-bond donors (Lipinski definition) is 3. The Morgan fingerprint density at radius 1 is 1.44 bits per heavy atom. The number of carbonyl (C=O) groups excluding carboxylic acids is 1. The fourth-order valence-electron chi connectivity index (χ4n) is 1.35. The van der Waals surface area contributed by atoms with Crippen LogP contribution in [0, 0.1) is 0 Å². The summed E-state index contributed by atoms with van der Waals surface area (Å²) >= 11 is 6.42. The lowest BCUT2D eigenvalue weighted by molar-refractivity contribution is -0.116. The predicted molar refractivity (Wildman–Crippen MR) is 75.7 cm³/mol. The molecule has 1 unspecified atom stereocenters. The van der Waals surface area contributed by atoms with Gasteiger partial charge < -0.3 is 16.2 Å². The van der Waals surface area contributed by atoms with Crippen LogP contribution in [0.2, 0.25) is 0 Å². The van der Waals surface area contributed by atoms with Gasteiger partial charge in [-0.15, -0.1) is 0 Å². The van der Waals surface area contributed by atoms with Crippen molar-refractivity contribution in [1.29, 1.82) is 0 Å². The number of carboxylic acids is 1. The number of carbonyl (C=O) groups is 2. The summed E-state index contributed by atoms with van der Waals surface area (Å²) in [6, 6.07) is 2.80. The number of benzene rings is 1. The summed E-state index contributed by atoms with van der Waals surface area (Å²) in [6.45, 7) is 1.70. The number of hydrogen-bond acceptors (Lipinski definition) is 3. The Balaban J connectivity index is 3.07. The molecule has 0 aliphatic heterocycles. The monoisotopic (exact) mass is 378 g/mol. The summed E-state index contributed by atoms with van der Waals surface area (Å²) in [4.78, 5) is 22.7. The Labute approximate surface area is 121 Å². The zero-order chi connectivity index (χ0) is 13.9. The first-order chi connectivity index (χ1) is 8.31. The maximum atomic E-state index is 11.6. The molecular formula is C11H12Br2N2O3. The molecule has 1 aromatic rings. The first-order valence-corrected chi connectivity index (χ1v) is 6.67. The van der Waals surface area contributed by atoms with E-state index < -0.39 is 5.97 Å². The second-order valence-electron chi connectivity index (χ2n) is 3.84. The molecule has 1 aromatic carbocycles. The van der Waals surface area contributed by atoms with Crippen molar-refractivity contribution in [3.05, 3.63) is 26.6 Å². The quantitative estimate of drug-likeness (QED) is 0.749. The lowest BCUT2D eigenvalue weighted by Crippen LogP contribution is -2.24. The van der Waals surface area contributed by atoms with Crippen molar-refractivity contribution in [2.45, 2.75) is 19.4 Å². The average molecular weight is 380 g/mol. The van der Waals surface area contributed by atoms with Crippen LogP contribution in [0.1, 0.15) is 23.7 Å². The first kappa shape index (κ1) is 15.1. The summed E-state index contributed by atoms with van der Waals surface area (Å²) < 4.78 is 1.10. The van der Waals surface area contributed by atoms with E-state index >= 15 is 0 Å². The molecule has 0 aliphatic carbocycles. The van der Waals surface area contributed by atoms with Crippen molar-refractivity contribution in [2.75, 3.05) is 5.32 Å². The molecule has 0 heterocycles. The van der Waals surface area contributed by atoms with Crippen LogP contribution in [0.25, 0.3) is 0 Å². The standard InChI is InChI=1S/C11H12Br2N2O3/c1-5(14)2-9(16)15-10-7(11(17)18)3-6(12)4-8(10)13/h3-5H,2,14H2,1H3,(H,15,16)(H,17,18). The number of amides is 1. The maximum absolute atomic E-state index is 11.6. The van der Waals surface area contributed by atoms with Crippen molar-refractivity contribution in [3.63, 3.8) is 0 Å². The molecular weight excluding hydrogens is 368 g/mol. The van der Waals surface area contributed by atoms with Gasteiger partial charge in [0.15, 0.2) is 0 Å². The minimum Gasteiger partial charge on any atom is -0.478 e. The summed E-state index contributed by atoms with van der Waals surface area (Å²) in [5.74, 6) is -1.44. The topological polar surface area (TPSA) is 92.4 Å². The zero-order valence-corrected chi connectivity index (χ0v) is 12.7. The van der Waals surface area contributed by atoms with Gasteiger partial charge >= 0.3 is 5.97 Å². The van der Waals surface area contributed by atoms with Crippen LogP contribution in [0.5, 0.6) is 0 Å². The van der Waals surface area contributed by atoms with E-state index in [-0.39, 0.29) is 29.6 Å². The molecule has 0 saturated heterocycles. The summed E-state index contributed by atoms with van der Waals surface area (Å²) in [6.07, 6.45) is 0.127. The number of rotatable bonds is 4. The van der Waals surface area contributed by atoms with Gasteiger partial charge in [0.25, 0.3) is 0 Å². The van der Waals surface area contributed by atoms with Gasteiger partial charge in [-0.2, -0.15) is 0 Å². The molecule has 1 rings (SSSR count). The summed E-state index contributed by atoms with van der Waals surface area (Å²) in [7, 11) is 0. The van der Waals surface area contributed by atoms with E-state index in [0.29, 0.717) is 8.95 Å². The molecule has 0 saturated carbocycles. The highest BCUT2D eigenvalue weighted by atomic mass is 79.9. The molecule has 0 bridgehead atoms. The van der Waals surface area contributed by atoms with Crippen molar-refractivity contribution in [3.8, 4) is 0 Å². The highest BCUT2D eigenvalue weighted by molar-refractivity contribution is 9.11. The highest BCUT2D eigenvalue weighted by Gasteiger charge is 2.17. The van der Waals surface area contributed by atoms with Crippen LogP contribution in [0.3, 0.4) is 0 Å². The Morgan fingerprint density at radius 2 is 2.06 bits per heavy atom. The van der Waals surface area contributed by atoms with Gasteiger partial charge in [0.2, 0.25) is 5.91 Å². The second kappa shape index (κ2) is 6.31. The van der Waals surface area contributed by atoms with Crippen molar-refractivity contribution < 1.29 is 14.7 Å². The molecule has 0 radical (unpaired) electrons. The number of nitrogens with one attached hydrogen (secondary N) is 1. The predicted octanol–water partition coefficient (Wildman–Crippen LogP) is 2.59. The lowest BCUT2D eigenvalue weighted by Gasteiger charge is -2.12. The van der Waals surface area contributed by atoms with Gasteiger partial charge in [0, 0.05) is 21.4 Å². The third kappa shape index (κ3) is 4.08. The maximum Gasteiger partial charge on any atom is 0.337 e. The van der Waals surface area contributed by atoms with E-state index in [1.165, 1.54) is 6.07 Å². The van der Waals surface area contributed by atoms with Crippen molar-refractivity contribution >= 4 is 49.4 Å². The van der Waals surface area contributed by atoms with Crippen LogP contribution in [0.4, 0.5) is 5.69 Å². The summed E-state index contributed by atoms with van der Waals surface area (Å²) in [5.41, 5.74) is 5.75. The third-order valence-electron chi connectivity index (χ3n) is 2.06. The molecule has 0 spiro atoms. The number of nitrogens with two attached hydrogens (primary N) is 1. The minimum atomic E-state index is -1.12. The van der Waals surface area contributed by atoms with Gasteiger partial charge in [-0.3, -0.25) is 4.79 Å². The van der Waals surface area contributed by atoms with Gasteiger partial charge in [0.05, 0.1) is 11.3 Å². The van der Waals surface area contributed by atoms with E-state index in [2.05, 4.69) is 37.2 Å². The van der Waals surface area contributed by atoms with E-state index in [9.17, 15) is 9.59 Å². The van der Waals surface area contributed by atoms with E-state index in [4.69, 9.17) is 10.8 Å².